The maximum atomic E-state index is 12.7. The fourth-order valence-electron chi connectivity index (χ4n) is 5.86. The predicted molar refractivity (Wildman–Crippen MR) is 139 cm³/mol. The summed E-state index contributed by atoms with van der Waals surface area (Å²) >= 11 is 0. The molecule has 2 aromatic rings. The zero-order chi connectivity index (χ0) is 25.4. The average Bonchev–Trinajstić information content (AvgIpc) is 3.36. The SMILES string of the molecule is Cc1ccccc1N1CCN(c2ccc(C(=O)NCCCN3C(=O)[C@H]4C[C@@H]3C(O)C4O)cc2N)CC1. The lowest BCUT2D eigenvalue weighted by atomic mass is 10.0. The summed E-state index contributed by atoms with van der Waals surface area (Å²) in [7, 11) is 0. The highest BCUT2D eigenvalue weighted by Gasteiger charge is 2.55. The summed E-state index contributed by atoms with van der Waals surface area (Å²) in [6.07, 6.45) is -0.763. The molecule has 0 radical (unpaired) electrons. The lowest BCUT2D eigenvalue weighted by Gasteiger charge is -2.38. The number of piperazine rings is 1. The van der Waals surface area contributed by atoms with Crippen LogP contribution in [0, 0.1) is 12.8 Å². The Bertz CT molecular complexity index is 1130. The van der Waals surface area contributed by atoms with Crippen LogP contribution in [0.1, 0.15) is 28.8 Å². The van der Waals surface area contributed by atoms with Gasteiger partial charge in [-0.15, -0.1) is 0 Å². The molecule has 192 valence electrons. The van der Waals surface area contributed by atoms with Gasteiger partial charge in [0.2, 0.25) is 5.91 Å². The zero-order valence-electron chi connectivity index (χ0n) is 20.6. The number of carbonyl (C=O) groups is 2. The third kappa shape index (κ3) is 4.49. The third-order valence-electron chi connectivity index (χ3n) is 7.88. The van der Waals surface area contributed by atoms with Crippen molar-refractivity contribution in [1.29, 1.82) is 0 Å². The highest BCUT2D eigenvalue weighted by atomic mass is 16.3. The number of piperidine rings is 1. The molecule has 3 aliphatic rings. The quantitative estimate of drug-likeness (QED) is 0.335. The number of para-hydroxylation sites is 1. The van der Waals surface area contributed by atoms with Crippen LogP contribution < -0.4 is 20.9 Å². The summed E-state index contributed by atoms with van der Waals surface area (Å²) in [4.78, 5) is 31.3. The second kappa shape index (κ2) is 9.99. The van der Waals surface area contributed by atoms with Gasteiger partial charge in [0.25, 0.3) is 5.91 Å². The minimum atomic E-state index is -0.955. The molecule has 9 heteroatoms. The van der Waals surface area contributed by atoms with Crippen molar-refractivity contribution in [3.63, 3.8) is 0 Å². The number of likely N-dealkylation sites (tertiary alicyclic amines) is 1. The number of aryl methyl sites for hydroxylation is 1. The number of nitrogen functional groups attached to an aromatic ring is 1. The molecule has 5 rings (SSSR count). The number of aliphatic hydroxyl groups is 2. The number of hydrogen-bond acceptors (Lipinski definition) is 7. The lowest BCUT2D eigenvalue weighted by Crippen LogP contribution is -2.51. The molecule has 2 bridgehead atoms. The van der Waals surface area contributed by atoms with Gasteiger partial charge in [0.05, 0.1) is 29.4 Å². The molecule has 4 atom stereocenters. The summed E-state index contributed by atoms with van der Waals surface area (Å²) in [5.41, 5.74) is 10.9. The number of carbonyl (C=O) groups excluding carboxylic acids is 2. The molecule has 2 amide bonds. The normalized spacial score (nSPS) is 25.5. The lowest BCUT2D eigenvalue weighted by molar-refractivity contribution is -0.146. The van der Waals surface area contributed by atoms with E-state index in [0.29, 0.717) is 37.2 Å². The van der Waals surface area contributed by atoms with E-state index in [1.54, 1.807) is 17.0 Å². The van der Waals surface area contributed by atoms with Gasteiger partial charge in [0.15, 0.2) is 0 Å². The topological polar surface area (TPSA) is 122 Å². The molecule has 0 spiro atoms. The number of nitrogens with zero attached hydrogens (tertiary/aromatic N) is 3. The average molecular weight is 494 g/mol. The number of nitrogens with one attached hydrogen (secondary N) is 1. The van der Waals surface area contributed by atoms with E-state index in [-0.39, 0.29) is 17.9 Å². The summed E-state index contributed by atoms with van der Waals surface area (Å²) in [5.74, 6) is -0.805. The van der Waals surface area contributed by atoms with Crippen LogP contribution in [0.15, 0.2) is 42.5 Å². The first kappa shape index (κ1) is 24.4. The van der Waals surface area contributed by atoms with E-state index in [9.17, 15) is 19.8 Å². The van der Waals surface area contributed by atoms with Crippen molar-refractivity contribution in [2.75, 3.05) is 54.8 Å². The first-order valence-electron chi connectivity index (χ1n) is 12.7. The minimum Gasteiger partial charge on any atom is -0.397 e. The summed E-state index contributed by atoms with van der Waals surface area (Å²) in [6, 6.07) is 13.5. The van der Waals surface area contributed by atoms with E-state index >= 15 is 0 Å². The third-order valence-corrected chi connectivity index (χ3v) is 7.88. The fourth-order valence-corrected chi connectivity index (χ4v) is 5.86. The van der Waals surface area contributed by atoms with Crippen LogP contribution in [0.25, 0.3) is 0 Å². The minimum absolute atomic E-state index is 0.104. The van der Waals surface area contributed by atoms with Crippen molar-refractivity contribution < 1.29 is 19.8 Å². The molecule has 3 fully saturated rings. The number of hydrogen-bond donors (Lipinski definition) is 4. The van der Waals surface area contributed by atoms with Crippen LogP contribution in [0.2, 0.25) is 0 Å². The van der Waals surface area contributed by atoms with Crippen LogP contribution in [-0.4, -0.2) is 84.4 Å². The molecule has 1 aliphatic carbocycles. The monoisotopic (exact) mass is 493 g/mol. The van der Waals surface area contributed by atoms with Gasteiger partial charge in [-0.2, -0.15) is 0 Å². The summed E-state index contributed by atoms with van der Waals surface area (Å²) < 4.78 is 0. The van der Waals surface area contributed by atoms with Crippen molar-refractivity contribution in [2.45, 2.75) is 38.0 Å². The molecule has 2 saturated heterocycles. The maximum Gasteiger partial charge on any atom is 0.251 e. The standard InChI is InChI=1S/C27H35N5O4/c1-17-5-2-3-6-21(17)30-11-13-31(14-12-30)22-8-7-18(15-20(22)28)26(35)29-9-4-10-32-23-16-19(27(32)36)24(33)25(23)34/h2-3,5-8,15,19,23-25,33-34H,4,9-14,16,28H2,1H3,(H,29,35)/t19-,23+,24?,25?/m0/s1. The number of fused-ring (bicyclic) bond motifs is 2. The number of rotatable bonds is 7. The number of aliphatic hydroxyl groups excluding tert-OH is 2. The molecular formula is C27H35N5O4. The Morgan fingerprint density at radius 3 is 2.39 bits per heavy atom. The van der Waals surface area contributed by atoms with Gasteiger partial charge >= 0.3 is 0 Å². The maximum absolute atomic E-state index is 12.7. The van der Waals surface area contributed by atoms with Gasteiger partial charge in [0.1, 0.15) is 6.10 Å². The van der Waals surface area contributed by atoms with E-state index in [1.165, 1.54) is 11.3 Å². The molecule has 5 N–H and O–H groups in total. The van der Waals surface area contributed by atoms with Crippen LogP contribution in [-0.2, 0) is 4.79 Å². The Hall–Kier alpha value is -3.30. The van der Waals surface area contributed by atoms with Crippen LogP contribution in [0.3, 0.4) is 0 Å². The Morgan fingerprint density at radius 1 is 1.03 bits per heavy atom. The van der Waals surface area contributed by atoms with E-state index in [2.05, 4.69) is 46.3 Å². The smallest absolute Gasteiger partial charge is 0.251 e. The van der Waals surface area contributed by atoms with Gasteiger partial charge < -0.3 is 36.0 Å². The van der Waals surface area contributed by atoms with Gasteiger partial charge in [-0.25, -0.2) is 0 Å². The molecule has 2 aromatic carbocycles. The Labute approximate surface area is 211 Å². The molecule has 9 nitrogen and oxygen atoms in total. The van der Waals surface area contributed by atoms with E-state index in [1.807, 2.05) is 6.07 Å². The predicted octanol–water partition coefficient (Wildman–Crippen LogP) is 0.976. The van der Waals surface area contributed by atoms with E-state index < -0.39 is 18.1 Å². The molecule has 1 saturated carbocycles. The van der Waals surface area contributed by atoms with E-state index in [0.717, 1.165) is 31.9 Å². The highest BCUT2D eigenvalue weighted by Crippen LogP contribution is 2.39. The number of anilines is 3. The highest BCUT2D eigenvalue weighted by molar-refractivity contribution is 5.96. The van der Waals surface area contributed by atoms with Crippen molar-refractivity contribution in [1.82, 2.24) is 10.2 Å². The summed E-state index contributed by atoms with van der Waals surface area (Å²) in [5, 5.41) is 22.8. The van der Waals surface area contributed by atoms with Crippen molar-refractivity contribution >= 4 is 28.9 Å². The van der Waals surface area contributed by atoms with Crippen LogP contribution in [0.4, 0.5) is 17.1 Å². The Balaban J connectivity index is 1.10. The number of amides is 2. The van der Waals surface area contributed by atoms with Gasteiger partial charge in [0, 0.05) is 50.5 Å². The molecule has 2 aliphatic heterocycles. The molecule has 2 heterocycles. The zero-order valence-corrected chi connectivity index (χ0v) is 20.6. The molecule has 2 unspecified atom stereocenters. The molecule has 0 aromatic heterocycles. The number of benzene rings is 2. The first-order valence-corrected chi connectivity index (χ1v) is 12.7. The molecular weight excluding hydrogens is 458 g/mol. The van der Waals surface area contributed by atoms with Crippen molar-refractivity contribution in [3.05, 3.63) is 53.6 Å². The van der Waals surface area contributed by atoms with E-state index in [4.69, 9.17) is 5.73 Å². The largest absolute Gasteiger partial charge is 0.397 e. The van der Waals surface area contributed by atoms with Crippen LogP contribution in [0.5, 0.6) is 0 Å². The first-order chi connectivity index (χ1) is 17.3. The van der Waals surface area contributed by atoms with Gasteiger partial charge in [-0.1, -0.05) is 18.2 Å². The second-order valence-electron chi connectivity index (χ2n) is 10.1. The van der Waals surface area contributed by atoms with Gasteiger partial charge in [-0.05, 0) is 49.6 Å². The van der Waals surface area contributed by atoms with Gasteiger partial charge in [-0.3, -0.25) is 9.59 Å². The Kier molecular flexibility index (Phi) is 6.77. The fraction of sp³-hybridized carbons (Fsp3) is 0.481. The summed E-state index contributed by atoms with van der Waals surface area (Å²) in [6.45, 7) is 6.50. The van der Waals surface area contributed by atoms with Crippen molar-refractivity contribution in [3.8, 4) is 0 Å². The van der Waals surface area contributed by atoms with Crippen molar-refractivity contribution in [2.24, 2.45) is 5.92 Å². The molecule has 36 heavy (non-hydrogen) atoms. The van der Waals surface area contributed by atoms with Crippen LogP contribution >= 0.6 is 0 Å². The second-order valence-corrected chi connectivity index (χ2v) is 10.1. The number of nitrogens with two attached hydrogens (primary N) is 1. The Morgan fingerprint density at radius 2 is 1.72 bits per heavy atom.